The minimum Gasteiger partial charge on any atom is -0.480 e. The van der Waals surface area contributed by atoms with Gasteiger partial charge < -0.3 is 10.4 Å². The van der Waals surface area contributed by atoms with Gasteiger partial charge in [0.1, 0.15) is 11.9 Å². The van der Waals surface area contributed by atoms with Crippen LogP contribution in [0.1, 0.15) is 46.9 Å². The molecule has 120 valence electrons. The second-order valence-corrected chi connectivity index (χ2v) is 6.93. The van der Waals surface area contributed by atoms with Crippen molar-refractivity contribution in [3.63, 3.8) is 0 Å². The van der Waals surface area contributed by atoms with E-state index in [1.54, 1.807) is 16.6 Å². The van der Waals surface area contributed by atoms with Crippen LogP contribution in [0.4, 0.5) is 5.82 Å². The summed E-state index contributed by atoms with van der Waals surface area (Å²) in [4.78, 5) is 11.4. The van der Waals surface area contributed by atoms with E-state index in [4.69, 9.17) is 0 Å². The topological polar surface area (TPSA) is 92.4 Å². The van der Waals surface area contributed by atoms with Gasteiger partial charge in [-0.25, -0.2) is 4.79 Å². The molecule has 0 radical (unpaired) electrons. The van der Waals surface area contributed by atoms with E-state index in [2.05, 4.69) is 20.6 Å². The third-order valence-corrected chi connectivity index (χ3v) is 3.26. The van der Waals surface area contributed by atoms with Crippen LogP contribution in [0.2, 0.25) is 0 Å². The smallest absolute Gasteiger partial charge is 0.326 e. The van der Waals surface area contributed by atoms with Crippen molar-refractivity contribution in [3.8, 4) is 0 Å². The molecule has 2 rings (SSSR count). The summed E-state index contributed by atoms with van der Waals surface area (Å²) >= 11 is 0. The first kappa shape index (κ1) is 16.2. The maximum absolute atomic E-state index is 11.4. The highest BCUT2D eigenvalue weighted by molar-refractivity contribution is 5.76. The summed E-state index contributed by atoms with van der Waals surface area (Å²) in [6.07, 6.45) is 0.531. The number of aromatic nitrogens is 4. The van der Waals surface area contributed by atoms with E-state index in [1.807, 2.05) is 34.6 Å². The number of anilines is 1. The molecular weight excluding hydrogens is 282 g/mol. The number of fused-ring (bicyclic) bond motifs is 1. The van der Waals surface area contributed by atoms with Gasteiger partial charge in [0.25, 0.3) is 0 Å². The molecule has 0 aliphatic heterocycles. The van der Waals surface area contributed by atoms with Gasteiger partial charge in [0.2, 0.25) is 0 Å². The zero-order valence-corrected chi connectivity index (χ0v) is 13.7. The average Bonchev–Trinajstić information content (AvgIpc) is 2.80. The third kappa shape index (κ3) is 3.52. The van der Waals surface area contributed by atoms with Gasteiger partial charge in [-0.2, -0.15) is 4.52 Å². The third-order valence-electron chi connectivity index (χ3n) is 3.26. The highest BCUT2D eigenvalue weighted by Crippen LogP contribution is 2.21. The lowest BCUT2D eigenvalue weighted by atomic mass is 9.96. The van der Waals surface area contributed by atoms with Crippen LogP contribution in [0, 0.1) is 5.92 Å². The van der Waals surface area contributed by atoms with Crippen LogP contribution in [0.15, 0.2) is 12.1 Å². The molecule has 0 saturated heterocycles. The molecular formula is C15H23N5O2. The molecule has 0 amide bonds. The van der Waals surface area contributed by atoms with E-state index < -0.39 is 12.0 Å². The fraction of sp³-hybridized carbons (Fsp3) is 0.600. The number of carboxylic acids is 1. The second-order valence-electron chi connectivity index (χ2n) is 6.93. The van der Waals surface area contributed by atoms with Gasteiger partial charge >= 0.3 is 5.97 Å². The van der Waals surface area contributed by atoms with Crippen molar-refractivity contribution in [3.05, 3.63) is 18.0 Å². The first-order chi connectivity index (χ1) is 10.2. The molecule has 0 aliphatic rings. The van der Waals surface area contributed by atoms with E-state index in [0.717, 1.165) is 5.82 Å². The van der Waals surface area contributed by atoms with E-state index in [-0.39, 0.29) is 11.3 Å². The highest BCUT2D eigenvalue weighted by Gasteiger charge is 2.23. The summed E-state index contributed by atoms with van der Waals surface area (Å²) in [5.41, 5.74) is 0.445. The number of nitrogens with one attached hydrogen (secondary N) is 1. The molecule has 0 spiro atoms. The summed E-state index contributed by atoms with van der Waals surface area (Å²) in [5, 5.41) is 25.0. The van der Waals surface area contributed by atoms with Gasteiger partial charge in [-0.3, -0.25) is 0 Å². The SMILES string of the molecule is CC(C)C[C@H](Nc1ccc2nnc(C(C)(C)C)n2n1)C(=O)O. The van der Waals surface area contributed by atoms with Crippen molar-refractivity contribution in [1.29, 1.82) is 0 Å². The molecule has 2 aromatic rings. The Bertz CT molecular complexity index is 672. The van der Waals surface area contributed by atoms with E-state index in [0.29, 0.717) is 17.9 Å². The molecule has 7 heteroatoms. The molecule has 1 atom stereocenters. The number of hydrogen-bond donors (Lipinski definition) is 2. The standard InChI is InChI=1S/C15H23N5O2/c1-9(2)8-10(13(21)22)16-11-6-7-12-17-18-14(15(3,4)5)20(12)19-11/h6-7,9-10H,8H2,1-5H3,(H,16,19)(H,21,22)/t10-/m0/s1. The Labute approximate surface area is 129 Å². The molecule has 0 fully saturated rings. The summed E-state index contributed by atoms with van der Waals surface area (Å²) in [6.45, 7) is 10.1. The number of carboxylic acid groups (broad SMARTS) is 1. The van der Waals surface area contributed by atoms with Crippen LogP contribution < -0.4 is 5.32 Å². The Kier molecular flexibility index (Phi) is 4.35. The summed E-state index contributed by atoms with van der Waals surface area (Å²) in [7, 11) is 0. The fourth-order valence-electron chi connectivity index (χ4n) is 2.20. The van der Waals surface area contributed by atoms with E-state index in [1.165, 1.54) is 0 Å². The molecule has 22 heavy (non-hydrogen) atoms. The predicted molar refractivity (Wildman–Crippen MR) is 84.0 cm³/mol. The van der Waals surface area contributed by atoms with Crippen LogP contribution in [-0.2, 0) is 10.2 Å². The Hall–Kier alpha value is -2.18. The number of nitrogens with zero attached hydrogens (tertiary/aromatic N) is 4. The van der Waals surface area contributed by atoms with E-state index in [9.17, 15) is 9.90 Å². The average molecular weight is 305 g/mol. The maximum atomic E-state index is 11.4. The first-order valence-corrected chi connectivity index (χ1v) is 7.40. The van der Waals surface area contributed by atoms with Gasteiger partial charge in [-0.15, -0.1) is 15.3 Å². The van der Waals surface area contributed by atoms with Crippen LogP contribution in [0.25, 0.3) is 5.65 Å². The van der Waals surface area contributed by atoms with Crippen molar-refractivity contribution < 1.29 is 9.90 Å². The first-order valence-electron chi connectivity index (χ1n) is 7.40. The number of carbonyl (C=O) groups is 1. The van der Waals surface area contributed by atoms with Gasteiger partial charge in [0.15, 0.2) is 11.5 Å². The van der Waals surface area contributed by atoms with Crippen LogP contribution >= 0.6 is 0 Å². The Balaban J connectivity index is 2.34. The zero-order chi connectivity index (χ0) is 16.5. The number of hydrogen-bond acceptors (Lipinski definition) is 5. The number of aliphatic carboxylic acids is 1. The Morgan fingerprint density at radius 3 is 2.55 bits per heavy atom. The normalized spacial score (nSPS) is 13.5. The summed E-state index contributed by atoms with van der Waals surface area (Å²) in [6, 6.07) is 2.85. The highest BCUT2D eigenvalue weighted by atomic mass is 16.4. The molecule has 2 N–H and O–H groups in total. The van der Waals surface area contributed by atoms with Crippen LogP contribution in [0.3, 0.4) is 0 Å². The Morgan fingerprint density at radius 1 is 1.32 bits per heavy atom. The fourth-order valence-corrected chi connectivity index (χ4v) is 2.20. The van der Waals surface area contributed by atoms with Crippen LogP contribution in [-0.4, -0.2) is 36.9 Å². The number of rotatable bonds is 5. The molecule has 7 nitrogen and oxygen atoms in total. The molecule has 0 aromatic carbocycles. The quantitative estimate of drug-likeness (QED) is 0.880. The van der Waals surface area contributed by atoms with Gasteiger partial charge in [-0.1, -0.05) is 34.6 Å². The van der Waals surface area contributed by atoms with Crippen molar-refractivity contribution >= 4 is 17.4 Å². The summed E-state index contributed by atoms with van der Waals surface area (Å²) < 4.78 is 1.66. The lowest BCUT2D eigenvalue weighted by molar-refractivity contribution is -0.138. The van der Waals surface area contributed by atoms with Crippen LogP contribution in [0.5, 0.6) is 0 Å². The van der Waals surface area contributed by atoms with E-state index >= 15 is 0 Å². The van der Waals surface area contributed by atoms with Crippen molar-refractivity contribution in [1.82, 2.24) is 19.8 Å². The minimum absolute atomic E-state index is 0.199. The minimum atomic E-state index is -0.879. The molecule has 0 unspecified atom stereocenters. The van der Waals surface area contributed by atoms with Gasteiger partial charge in [0.05, 0.1) is 0 Å². The monoisotopic (exact) mass is 305 g/mol. The Morgan fingerprint density at radius 2 is 2.00 bits per heavy atom. The zero-order valence-electron chi connectivity index (χ0n) is 13.7. The lowest BCUT2D eigenvalue weighted by Gasteiger charge is -2.18. The summed E-state index contributed by atoms with van der Waals surface area (Å²) in [5.74, 6) is 0.639. The molecule has 2 heterocycles. The second kappa shape index (κ2) is 5.90. The lowest BCUT2D eigenvalue weighted by Crippen LogP contribution is -2.31. The maximum Gasteiger partial charge on any atom is 0.326 e. The molecule has 0 bridgehead atoms. The predicted octanol–water partition coefficient (Wildman–Crippen LogP) is 2.33. The van der Waals surface area contributed by atoms with Crippen molar-refractivity contribution in [2.75, 3.05) is 5.32 Å². The largest absolute Gasteiger partial charge is 0.480 e. The van der Waals surface area contributed by atoms with Crippen molar-refractivity contribution in [2.24, 2.45) is 5.92 Å². The molecule has 0 aliphatic carbocycles. The molecule has 0 saturated carbocycles. The van der Waals surface area contributed by atoms with Crippen molar-refractivity contribution in [2.45, 2.75) is 52.5 Å². The van der Waals surface area contributed by atoms with Gasteiger partial charge in [-0.05, 0) is 24.5 Å². The molecule has 2 aromatic heterocycles. The van der Waals surface area contributed by atoms with Gasteiger partial charge in [0, 0.05) is 5.41 Å².